The molecule has 0 amide bonds. The van der Waals surface area contributed by atoms with E-state index in [0.29, 0.717) is 11.1 Å². The number of hydrogen-bond donors (Lipinski definition) is 7. The Morgan fingerprint density at radius 1 is 1.12 bits per heavy atom. The summed E-state index contributed by atoms with van der Waals surface area (Å²) in [5.74, 6) is -3.25. The first-order valence-electron chi connectivity index (χ1n) is 14.1. The summed E-state index contributed by atoms with van der Waals surface area (Å²) in [6, 6.07) is 7.90. The predicted octanol–water partition coefficient (Wildman–Crippen LogP) is 1.10. The fourth-order valence-corrected chi connectivity index (χ4v) is 8.87. The van der Waals surface area contributed by atoms with Gasteiger partial charge in [0.05, 0.1) is 35.9 Å². The molecule has 0 radical (unpaired) electrons. The van der Waals surface area contributed by atoms with Crippen molar-refractivity contribution in [1.29, 1.82) is 0 Å². The van der Waals surface area contributed by atoms with Crippen LogP contribution in [0, 0.1) is 28.6 Å². The first-order valence-corrected chi connectivity index (χ1v) is 14.1. The number of hydrogen-bond acceptors (Lipinski definition) is 10. The number of aliphatic hydroxyl groups is 5. The lowest BCUT2D eigenvalue weighted by Gasteiger charge is -2.67. The van der Waals surface area contributed by atoms with Gasteiger partial charge in [-0.05, 0) is 37.3 Å². The molecule has 10 unspecified atom stereocenters. The average Bonchev–Trinajstić information content (AvgIpc) is 2.92. The minimum absolute atomic E-state index is 0.0289. The first kappa shape index (κ1) is 29.8. The summed E-state index contributed by atoms with van der Waals surface area (Å²) >= 11 is 0. The molecule has 10 heteroatoms. The van der Waals surface area contributed by atoms with Crippen molar-refractivity contribution in [3.8, 4) is 0 Å². The predicted molar refractivity (Wildman–Crippen MR) is 144 cm³/mol. The lowest BCUT2D eigenvalue weighted by atomic mass is 9.42. The summed E-state index contributed by atoms with van der Waals surface area (Å²) in [6.07, 6.45) is -6.39. The van der Waals surface area contributed by atoms with Gasteiger partial charge in [0, 0.05) is 23.7 Å². The van der Waals surface area contributed by atoms with Crippen molar-refractivity contribution in [3.05, 3.63) is 47.0 Å². The Hall–Kier alpha value is -1.73. The van der Waals surface area contributed by atoms with Crippen LogP contribution in [0.4, 0.5) is 0 Å². The quantitative estimate of drug-likeness (QED) is 0.156. The van der Waals surface area contributed by atoms with Crippen molar-refractivity contribution in [3.63, 3.8) is 0 Å². The van der Waals surface area contributed by atoms with E-state index in [0.717, 1.165) is 0 Å². The third-order valence-corrected chi connectivity index (χ3v) is 11.4. The Kier molecular flexibility index (Phi) is 7.18. The standard InChI is InChI=1S/C30H43NO9/c1-14-17(24(40-38)23(34)21(31)16-9-7-6-8-10-16)12-30(37)15(2)25-28(5,18(32)11-19-29(25,36)13-39-19)26(35)22(33)20(14)27(30,3)4/h6-10,15,17-19,21-25,32-34,36-38H,11-13,31H2,1-5H3/t15?,17?,18?,19?,21?,22?,23?,24-,25?,28-,29?,30?/m1/s1. The van der Waals surface area contributed by atoms with Crippen molar-refractivity contribution >= 4 is 5.78 Å². The van der Waals surface area contributed by atoms with Crippen LogP contribution in [0.1, 0.15) is 59.1 Å². The van der Waals surface area contributed by atoms with Crippen LogP contribution in [-0.2, 0) is 14.4 Å². The van der Waals surface area contributed by atoms with E-state index < -0.39 is 82.1 Å². The highest BCUT2D eigenvalue weighted by Crippen LogP contribution is 2.65. The Bertz CT molecular complexity index is 1190. The Morgan fingerprint density at radius 2 is 1.75 bits per heavy atom. The van der Waals surface area contributed by atoms with Gasteiger partial charge < -0.3 is 36.0 Å². The van der Waals surface area contributed by atoms with E-state index in [2.05, 4.69) is 0 Å². The number of ketones is 1. The summed E-state index contributed by atoms with van der Waals surface area (Å²) in [5, 5.41) is 69.0. The summed E-state index contributed by atoms with van der Waals surface area (Å²) in [4.78, 5) is 19.1. The van der Waals surface area contributed by atoms with Crippen molar-refractivity contribution in [2.24, 2.45) is 34.3 Å². The SMILES string of the molecule is CC1=C2C(O)C(=O)[C@]3(C)C(O)CC4OCC4(O)C3C(C)C(O)(CC1[C@@H](OO)C(O)C(N)c1ccccc1)C2(C)C. The monoisotopic (exact) mass is 561 g/mol. The van der Waals surface area contributed by atoms with E-state index in [1.807, 2.05) is 6.07 Å². The van der Waals surface area contributed by atoms with Crippen LogP contribution in [0.25, 0.3) is 0 Å². The average molecular weight is 562 g/mol. The fraction of sp³-hybridized carbons (Fsp3) is 0.700. The van der Waals surface area contributed by atoms with E-state index in [-0.39, 0.29) is 25.0 Å². The second kappa shape index (κ2) is 9.65. The molecule has 10 nitrogen and oxygen atoms in total. The van der Waals surface area contributed by atoms with Crippen LogP contribution in [0.3, 0.4) is 0 Å². The second-order valence-corrected chi connectivity index (χ2v) is 13.3. The summed E-state index contributed by atoms with van der Waals surface area (Å²) < 4.78 is 5.59. The van der Waals surface area contributed by atoms with Gasteiger partial charge in [0.2, 0.25) is 0 Å². The number of carbonyl (C=O) groups is 1. The number of Topliss-reactive ketones (excluding diaryl/α,β-unsaturated/α-hetero) is 1. The zero-order valence-corrected chi connectivity index (χ0v) is 23.7. The maximum Gasteiger partial charge on any atom is 0.174 e. The van der Waals surface area contributed by atoms with Crippen molar-refractivity contribution in [2.75, 3.05) is 6.61 Å². The molecule has 8 N–H and O–H groups in total. The number of fused-ring (bicyclic) bond motifs is 5. The molecule has 0 spiro atoms. The Labute approximate surface area is 234 Å². The largest absolute Gasteiger partial charge is 0.392 e. The smallest absolute Gasteiger partial charge is 0.174 e. The second-order valence-electron chi connectivity index (χ2n) is 13.3. The highest BCUT2D eigenvalue weighted by Gasteiger charge is 2.74. The van der Waals surface area contributed by atoms with Crippen LogP contribution in [0.2, 0.25) is 0 Å². The van der Waals surface area contributed by atoms with Gasteiger partial charge in [0.25, 0.3) is 0 Å². The molecule has 1 aromatic carbocycles. The summed E-state index contributed by atoms with van der Waals surface area (Å²) in [7, 11) is 0. The number of benzene rings is 1. The van der Waals surface area contributed by atoms with Crippen molar-refractivity contribution in [1.82, 2.24) is 0 Å². The van der Waals surface area contributed by atoms with E-state index in [4.69, 9.17) is 15.4 Å². The zero-order chi connectivity index (χ0) is 29.6. The van der Waals surface area contributed by atoms with Crippen molar-refractivity contribution in [2.45, 2.75) is 95.2 Å². The molecule has 3 aliphatic carbocycles. The number of aliphatic hydroxyl groups excluding tert-OH is 3. The minimum atomic E-state index is -1.72. The molecule has 40 heavy (non-hydrogen) atoms. The molecule has 0 aromatic heterocycles. The molecule has 5 rings (SSSR count). The van der Waals surface area contributed by atoms with E-state index in [1.165, 1.54) is 0 Å². The van der Waals surface area contributed by atoms with Crippen LogP contribution < -0.4 is 5.73 Å². The minimum Gasteiger partial charge on any atom is -0.392 e. The number of rotatable bonds is 5. The molecule has 1 heterocycles. The number of carbonyl (C=O) groups excluding carboxylic acids is 1. The van der Waals surface area contributed by atoms with Crippen LogP contribution >= 0.6 is 0 Å². The van der Waals surface area contributed by atoms with Crippen LogP contribution in [0.15, 0.2) is 41.5 Å². The van der Waals surface area contributed by atoms with Gasteiger partial charge in [-0.15, -0.1) is 0 Å². The lowest BCUT2D eigenvalue weighted by Crippen LogP contribution is -2.78. The lowest BCUT2D eigenvalue weighted by molar-refractivity contribution is -0.339. The number of nitrogens with two attached hydrogens (primary N) is 1. The first-order chi connectivity index (χ1) is 18.6. The van der Waals surface area contributed by atoms with Gasteiger partial charge >= 0.3 is 0 Å². The molecule has 3 fully saturated rings. The van der Waals surface area contributed by atoms with Crippen molar-refractivity contribution < 1.29 is 45.2 Å². The van der Waals surface area contributed by atoms with Crippen LogP contribution in [-0.4, -0.2) is 84.9 Å². The Morgan fingerprint density at radius 3 is 2.30 bits per heavy atom. The highest BCUT2D eigenvalue weighted by atomic mass is 17.1. The van der Waals surface area contributed by atoms with Gasteiger partial charge in [-0.2, -0.15) is 0 Å². The zero-order valence-electron chi connectivity index (χ0n) is 23.7. The summed E-state index contributed by atoms with van der Waals surface area (Å²) in [6.45, 7) is 8.43. The normalized spacial score (nSPS) is 44.9. The third kappa shape index (κ3) is 3.71. The van der Waals surface area contributed by atoms with E-state index in [9.17, 15) is 35.6 Å². The van der Waals surface area contributed by atoms with Gasteiger partial charge in [0.15, 0.2) is 5.78 Å². The van der Waals surface area contributed by atoms with Gasteiger partial charge in [-0.1, -0.05) is 56.7 Å². The maximum absolute atomic E-state index is 14.2. The molecule has 1 saturated heterocycles. The molecular weight excluding hydrogens is 518 g/mol. The van der Waals surface area contributed by atoms with Crippen LogP contribution in [0.5, 0.6) is 0 Å². The van der Waals surface area contributed by atoms with Gasteiger partial charge in [-0.3, -0.25) is 10.1 Å². The van der Waals surface area contributed by atoms with Gasteiger partial charge in [-0.25, -0.2) is 4.89 Å². The topological polar surface area (TPSA) is 183 Å². The third-order valence-electron chi connectivity index (χ3n) is 11.4. The van der Waals surface area contributed by atoms with E-state index in [1.54, 1.807) is 58.9 Å². The molecule has 12 atom stereocenters. The molecule has 1 aromatic rings. The summed E-state index contributed by atoms with van der Waals surface area (Å²) in [5.41, 5.74) is 1.80. The van der Waals surface area contributed by atoms with Gasteiger partial charge in [0.1, 0.15) is 23.9 Å². The molecule has 2 bridgehead atoms. The molecular formula is C30H43NO9. The van der Waals surface area contributed by atoms with E-state index >= 15 is 0 Å². The molecule has 1 aliphatic heterocycles. The maximum atomic E-state index is 14.2. The molecule has 4 aliphatic rings. The Balaban J connectivity index is 1.67. The molecule has 2 saturated carbocycles. The number of ether oxygens (including phenoxy) is 1. The fourth-order valence-electron chi connectivity index (χ4n) is 8.87. The highest BCUT2D eigenvalue weighted by molar-refractivity contribution is 5.93. The molecule has 222 valence electrons.